The highest BCUT2D eigenvalue weighted by molar-refractivity contribution is 7.80. The van der Waals surface area contributed by atoms with Crippen molar-refractivity contribution in [2.24, 2.45) is 5.92 Å². The molecule has 0 saturated carbocycles. The van der Waals surface area contributed by atoms with Crippen molar-refractivity contribution in [3.05, 3.63) is 29.3 Å². The number of phenols is 1. The van der Waals surface area contributed by atoms with Crippen molar-refractivity contribution in [1.82, 2.24) is 15.5 Å². The number of aromatic hydroxyl groups is 1. The summed E-state index contributed by atoms with van der Waals surface area (Å²) in [5.74, 6) is -0.173. The average molecular weight is 538 g/mol. The summed E-state index contributed by atoms with van der Waals surface area (Å²) in [6.07, 6.45) is 2.53. The third-order valence-corrected chi connectivity index (χ3v) is 6.32. The van der Waals surface area contributed by atoms with Gasteiger partial charge in [-0.15, -0.1) is 0 Å². The van der Waals surface area contributed by atoms with E-state index in [1.165, 1.54) is 6.07 Å². The van der Waals surface area contributed by atoms with E-state index in [0.29, 0.717) is 30.0 Å². The third-order valence-electron chi connectivity index (χ3n) is 5.96. The van der Waals surface area contributed by atoms with Gasteiger partial charge in [-0.1, -0.05) is 33.3 Å². The average Bonchev–Trinajstić information content (AvgIpc) is 2.79. The number of carbonyl (C=O) groups is 3. The molecule has 8 nitrogen and oxygen atoms in total. The van der Waals surface area contributed by atoms with Crippen molar-refractivity contribution < 1.29 is 24.2 Å². The minimum atomic E-state index is -0.996. The van der Waals surface area contributed by atoms with Crippen LogP contribution in [0.1, 0.15) is 91.3 Å². The second kappa shape index (κ2) is 15.1. The first kappa shape index (κ1) is 32.6. The van der Waals surface area contributed by atoms with Gasteiger partial charge in [0.15, 0.2) is 0 Å². The van der Waals surface area contributed by atoms with Crippen molar-refractivity contribution >= 4 is 30.5 Å². The van der Waals surface area contributed by atoms with Gasteiger partial charge in [-0.3, -0.25) is 9.59 Å². The molecular weight excluding hydrogens is 490 g/mol. The predicted molar refractivity (Wildman–Crippen MR) is 151 cm³/mol. The fourth-order valence-electron chi connectivity index (χ4n) is 3.90. The molecule has 210 valence electrons. The summed E-state index contributed by atoms with van der Waals surface area (Å²) in [6, 6.07) is 2.67. The number of nitrogens with zero attached hydrogens (tertiary/aromatic N) is 1. The van der Waals surface area contributed by atoms with E-state index in [1.54, 1.807) is 44.7 Å². The molecule has 0 fully saturated rings. The van der Waals surface area contributed by atoms with E-state index in [4.69, 9.17) is 4.74 Å². The Morgan fingerprint density at radius 1 is 1.14 bits per heavy atom. The molecule has 0 radical (unpaired) electrons. The lowest BCUT2D eigenvalue weighted by Crippen LogP contribution is -2.56. The number of hydrogen-bond donors (Lipinski definition) is 4. The molecule has 37 heavy (non-hydrogen) atoms. The van der Waals surface area contributed by atoms with Gasteiger partial charge in [-0.25, -0.2) is 4.79 Å². The summed E-state index contributed by atoms with van der Waals surface area (Å²) < 4.78 is 5.36. The molecule has 0 aliphatic heterocycles. The Balaban J connectivity index is 3.53. The molecule has 0 aliphatic rings. The van der Waals surface area contributed by atoms with Crippen LogP contribution in [0, 0.1) is 12.8 Å². The zero-order chi connectivity index (χ0) is 28.3. The fraction of sp³-hybridized carbons (Fsp3) is 0.679. The number of hydrogen-bond acceptors (Lipinski definition) is 6. The van der Waals surface area contributed by atoms with Gasteiger partial charge < -0.3 is 25.4 Å². The molecule has 0 saturated heterocycles. The normalized spacial score (nSPS) is 14.0. The van der Waals surface area contributed by atoms with Crippen LogP contribution in [0.4, 0.5) is 4.79 Å². The standard InChI is InChI=1S/C28H47N3O5S/c1-9-10-15-29-25(33)24(21-13-14-23(32)19(4)16-21)31(20(5)12-11-18(2)3)26(34)22(17-37)30-27(35)36-28(6,7)8/h13-14,16,18,20,22,24,32,37H,9-12,15,17H2,1-8H3,(H,29,33)(H,30,35). The number of nitrogens with one attached hydrogen (secondary N) is 2. The Labute approximate surface area is 228 Å². The number of benzene rings is 1. The van der Waals surface area contributed by atoms with Gasteiger partial charge in [0.1, 0.15) is 23.4 Å². The highest BCUT2D eigenvalue weighted by Gasteiger charge is 2.38. The molecule has 3 atom stereocenters. The van der Waals surface area contributed by atoms with Crippen LogP contribution in [0.2, 0.25) is 0 Å². The highest BCUT2D eigenvalue weighted by Crippen LogP contribution is 2.30. The van der Waals surface area contributed by atoms with Gasteiger partial charge in [0.05, 0.1) is 0 Å². The van der Waals surface area contributed by atoms with E-state index < -0.39 is 29.7 Å². The molecule has 1 aromatic carbocycles. The van der Waals surface area contributed by atoms with E-state index in [-0.39, 0.29) is 23.5 Å². The molecule has 0 heterocycles. The molecule has 0 bridgehead atoms. The van der Waals surface area contributed by atoms with E-state index in [0.717, 1.165) is 19.3 Å². The summed E-state index contributed by atoms with van der Waals surface area (Å²) in [5, 5.41) is 15.7. The van der Waals surface area contributed by atoms with Gasteiger partial charge in [0, 0.05) is 18.3 Å². The zero-order valence-electron chi connectivity index (χ0n) is 23.8. The van der Waals surface area contributed by atoms with Crippen LogP contribution in [0.3, 0.4) is 0 Å². The number of ether oxygens (including phenoxy) is 1. The molecule has 0 aromatic heterocycles. The Morgan fingerprint density at radius 3 is 2.30 bits per heavy atom. The van der Waals surface area contributed by atoms with Crippen molar-refractivity contribution in [2.45, 2.75) is 105 Å². The topological polar surface area (TPSA) is 108 Å². The lowest BCUT2D eigenvalue weighted by Gasteiger charge is -2.38. The van der Waals surface area contributed by atoms with Crippen molar-refractivity contribution in [3.8, 4) is 5.75 Å². The molecule has 1 aromatic rings. The number of unbranched alkanes of at least 4 members (excludes halogenated alkanes) is 1. The zero-order valence-corrected chi connectivity index (χ0v) is 24.7. The van der Waals surface area contributed by atoms with E-state index in [1.807, 2.05) is 13.8 Å². The van der Waals surface area contributed by atoms with E-state index >= 15 is 0 Å². The number of amides is 3. The Kier molecular flexibility index (Phi) is 13.3. The largest absolute Gasteiger partial charge is 0.508 e. The number of carbonyl (C=O) groups excluding carboxylic acids is 3. The quantitative estimate of drug-likeness (QED) is 0.206. The van der Waals surface area contributed by atoms with Crippen LogP contribution in [-0.2, 0) is 14.3 Å². The first-order chi connectivity index (χ1) is 17.2. The van der Waals surface area contributed by atoms with Gasteiger partial charge >= 0.3 is 6.09 Å². The van der Waals surface area contributed by atoms with Crippen LogP contribution < -0.4 is 10.6 Å². The summed E-state index contributed by atoms with van der Waals surface area (Å²) in [7, 11) is 0. The molecule has 3 N–H and O–H groups in total. The SMILES string of the molecule is CCCCNC(=O)C(c1ccc(O)c(C)c1)N(C(=O)C(CS)NC(=O)OC(C)(C)C)C(C)CCC(C)C. The second-order valence-corrected chi connectivity index (χ2v) is 11.4. The first-order valence-corrected chi connectivity index (χ1v) is 13.8. The Bertz CT molecular complexity index is 900. The lowest BCUT2D eigenvalue weighted by atomic mass is 9.96. The van der Waals surface area contributed by atoms with E-state index in [9.17, 15) is 19.5 Å². The number of thiol groups is 1. The smallest absolute Gasteiger partial charge is 0.408 e. The van der Waals surface area contributed by atoms with Gasteiger partial charge in [0.25, 0.3) is 0 Å². The predicted octanol–water partition coefficient (Wildman–Crippen LogP) is 5.13. The second-order valence-electron chi connectivity index (χ2n) is 11.0. The van der Waals surface area contributed by atoms with Gasteiger partial charge in [-0.2, -0.15) is 12.6 Å². The van der Waals surface area contributed by atoms with Crippen molar-refractivity contribution in [3.63, 3.8) is 0 Å². The minimum absolute atomic E-state index is 0.0320. The van der Waals surface area contributed by atoms with Crippen LogP contribution in [0.25, 0.3) is 0 Å². The molecule has 3 unspecified atom stereocenters. The summed E-state index contributed by atoms with van der Waals surface area (Å²) in [5.41, 5.74) is 0.456. The highest BCUT2D eigenvalue weighted by atomic mass is 32.1. The van der Waals surface area contributed by atoms with Crippen molar-refractivity contribution in [1.29, 1.82) is 0 Å². The minimum Gasteiger partial charge on any atom is -0.508 e. The van der Waals surface area contributed by atoms with Gasteiger partial charge in [-0.05, 0) is 83.1 Å². The number of rotatable bonds is 13. The Morgan fingerprint density at radius 2 is 1.78 bits per heavy atom. The molecular formula is C28H47N3O5S. The van der Waals surface area contributed by atoms with Crippen LogP contribution in [-0.4, -0.2) is 57.9 Å². The molecule has 1 rings (SSSR count). The van der Waals surface area contributed by atoms with Crippen LogP contribution in [0.15, 0.2) is 18.2 Å². The molecule has 9 heteroatoms. The summed E-state index contributed by atoms with van der Waals surface area (Å²) >= 11 is 4.34. The van der Waals surface area contributed by atoms with Crippen molar-refractivity contribution in [2.75, 3.05) is 12.3 Å². The lowest BCUT2D eigenvalue weighted by molar-refractivity contribution is -0.144. The molecule has 3 amide bonds. The maximum atomic E-state index is 14.0. The maximum Gasteiger partial charge on any atom is 0.408 e. The Hall–Kier alpha value is -2.42. The number of alkyl carbamates (subject to hydrolysis) is 1. The maximum absolute atomic E-state index is 14.0. The first-order valence-electron chi connectivity index (χ1n) is 13.2. The molecule has 0 aliphatic carbocycles. The summed E-state index contributed by atoms with van der Waals surface area (Å²) in [4.78, 5) is 41.8. The number of phenolic OH excluding ortho intramolecular Hbond substituents is 1. The monoisotopic (exact) mass is 537 g/mol. The van der Waals surface area contributed by atoms with Crippen LogP contribution >= 0.6 is 12.6 Å². The third kappa shape index (κ3) is 10.8. The molecule has 0 spiro atoms. The summed E-state index contributed by atoms with van der Waals surface area (Å²) in [6.45, 7) is 15.6. The van der Waals surface area contributed by atoms with Gasteiger partial charge in [0.2, 0.25) is 11.8 Å². The number of aryl methyl sites for hydroxylation is 1. The van der Waals surface area contributed by atoms with E-state index in [2.05, 4.69) is 37.1 Å². The van der Waals surface area contributed by atoms with Crippen LogP contribution in [0.5, 0.6) is 5.75 Å². The fourth-order valence-corrected chi connectivity index (χ4v) is 4.15.